The SMILES string of the molecule is CCCCCCC(C)(CN)NCCCC1CC1. The minimum atomic E-state index is 0.178. The average Bonchev–Trinajstić information content (AvgIpc) is 3.15. The standard InChI is InChI=1S/C15H32N2/c1-3-4-5-6-11-15(2,13-16)17-12-7-8-14-9-10-14/h14,17H,3-13,16H2,1-2H3. The summed E-state index contributed by atoms with van der Waals surface area (Å²) < 4.78 is 0. The Bertz CT molecular complexity index is 189. The largest absolute Gasteiger partial charge is 0.329 e. The molecule has 2 heteroatoms. The fraction of sp³-hybridized carbons (Fsp3) is 1.00. The first kappa shape index (κ1) is 15.0. The van der Waals surface area contributed by atoms with Gasteiger partial charge < -0.3 is 11.1 Å². The highest BCUT2D eigenvalue weighted by Crippen LogP contribution is 2.33. The summed E-state index contributed by atoms with van der Waals surface area (Å²) in [5.74, 6) is 1.06. The number of hydrogen-bond donors (Lipinski definition) is 2. The van der Waals surface area contributed by atoms with Crippen molar-refractivity contribution in [2.24, 2.45) is 11.7 Å². The van der Waals surface area contributed by atoms with Gasteiger partial charge in [0.25, 0.3) is 0 Å². The molecule has 0 aromatic heterocycles. The zero-order chi connectivity index (χ0) is 12.6. The molecule has 0 bridgehead atoms. The molecule has 0 radical (unpaired) electrons. The normalized spacial score (nSPS) is 19.2. The van der Waals surface area contributed by atoms with Crippen LogP contribution in [0.4, 0.5) is 0 Å². The summed E-state index contributed by atoms with van der Waals surface area (Å²) in [6, 6.07) is 0. The molecule has 0 aromatic rings. The molecule has 0 aromatic carbocycles. The van der Waals surface area contributed by atoms with Crippen LogP contribution in [0, 0.1) is 5.92 Å². The predicted molar refractivity (Wildman–Crippen MR) is 76.2 cm³/mol. The molecular formula is C15H32N2. The first-order chi connectivity index (χ1) is 8.20. The highest BCUT2D eigenvalue weighted by atomic mass is 15.0. The van der Waals surface area contributed by atoms with Gasteiger partial charge in [-0.05, 0) is 38.6 Å². The van der Waals surface area contributed by atoms with Gasteiger partial charge in [0.05, 0.1) is 0 Å². The Hall–Kier alpha value is -0.0800. The molecule has 1 rings (SSSR count). The number of nitrogens with one attached hydrogen (secondary N) is 1. The lowest BCUT2D eigenvalue weighted by Crippen LogP contribution is -2.48. The predicted octanol–water partition coefficient (Wildman–Crippen LogP) is 3.45. The number of rotatable bonds is 11. The first-order valence-corrected chi connectivity index (χ1v) is 7.65. The van der Waals surface area contributed by atoms with Crippen molar-refractivity contribution in [3.05, 3.63) is 0 Å². The summed E-state index contributed by atoms with van der Waals surface area (Å²) >= 11 is 0. The van der Waals surface area contributed by atoms with Crippen LogP contribution in [0.15, 0.2) is 0 Å². The smallest absolute Gasteiger partial charge is 0.0275 e. The average molecular weight is 240 g/mol. The van der Waals surface area contributed by atoms with Gasteiger partial charge in [0.2, 0.25) is 0 Å². The zero-order valence-electron chi connectivity index (χ0n) is 11.9. The van der Waals surface area contributed by atoms with Gasteiger partial charge in [0, 0.05) is 12.1 Å². The van der Waals surface area contributed by atoms with E-state index in [-0.39, 0.29) is 5.54 Å². The van der Waals surface area contributed by atoms with Crippen LogP contribution in [0.2, 0.25) is 0 Å². The van der Waals surface area contributed by atoms with Gasteiger partial charge in [-0.25, -0.2) is 0 Å². The molecule has 102 valence electrons. The Labute approximate surface area is 108 Å². The van der Waals surface area contributed by atoms with E-state index in [0.29, 0.717) is 0 Å². The molecule has 3 N–H and O–H groups in total. The van der Waals surface area contributed by atoms with Crippen molar-refractivity contribution in [2.45, 2.75) is 77.2 Å². The van der Waals surface area contributed by atoms with Crippen LogP contribution >= 0.6 is 0 Å². The molecule has 1 aliphatic rings. The summed E-state index contributed by atoms with van der Waals surface area (Å²) in [7, 11) is 0. The van der Waals surface area contributed by atoms with Gasteiger partial charge >= 0.3 is 0 Å². The second kappa shape index (κ2) is 8.10. The maximum Gasteiger partial charge on any atom is 0.0275 e. The van der Waals surface area contributed by atoms with Crippen LogP contribution in [0.25, 0.3) is 0 Å². The lowest BCUT2D eigenvalue weighted by Gasteiger charge is -2.30. The molecule has 1 saturated carbocycles. The Morgan fingerprint density at radius 3 is 2.53 bits per heavy atom. The maximum atomic E-state index is 5.91. The van der Waals surface area contributed by atoms with Crippen LogP contribution in [0.3, 0.4) is 0 Å². The summed E-state index contributed by atoms with van der Waals surface area (Å²) in [4.78, 5) is 0. The van der Waals surface area contributed by atoms with E-state index in [2.05, 4.69) is 19.2 Å². The minimum absolute atomic E-state index is 0.178. The monoisotopic (exact) mass is 240 g/mol. The Balaban J connectivity index is 2.04. The molecule has 0 spiro atoms. The third-order valence-corrected chi connectivity index (χ3v) is 4.07. The van der Waals surface area contributed by atoms with Gasteiger partial charge in [-0.15, -0.1) is 0 Å². The second-order valence-corrected chi connectivity index (χ2v) is 6.09. The van der Waals surface area contributed by atoms with Gasteiger partial charge in [-0.2, -0.15) is 0 Å². The van der Waals surface area contributed by atoms with E-state index < -0.39 is 0 Å². The van der Waals surface area contributed by atoms with Crippen molar-refractivity contribution < 1.29 is 0 Å². The van der Waals surface area contributed by atoms with E-state index in [4.69, 9.17) is 5.73 Å². The van der Waals surface area contributed by atoms with Crippen molar-refractivity contribution in [3.8, 4) is 0 Å². The summed E-state index contributed by atoms with van der Waals surface area (Å²) in [5.41, 5.74) is 6.09. The topological polar surface area (TPSA) is 38.0 Å². The van der Waals surface area contributed by atoms with E-state index in [1.54, 1.807) is 0 Å². The number of unbranched alkanes of at least 4 members (excludes halogenated alkanes) is 3. The molecule has 1 atom stereocenters. The number of nitrogens with two attached hydrogens (primary N) is 1. The van der Waals surface area contributed by atoms with Gasteiger partial charge in [0.1, 0.15) is 0 Å². The van der Waals surface area contributed by atoms with E-state index in [1.807, 2.05) is 0 Å². The molecule has 0 amide bonds. The van der Waals surface area contributed by atoms with Crippen molar-refractivity contribution in [1.82, 2.24) is 5.32 Å². The Morgan fingerprint density at radius 1 is 1.18 bits per heavy atom. The van der Waals surface area contributed by atoms with E-state index in [1.165, 1.54) is 57.8 Å². The van der Waals surface area contributed by atoms with Gasteiger partial charge in [0.15, 0.2) is 0 Å². The highest BCUT2D eigenvalue weighted by Gasteiger charge is 2.23. The van der Waals surface area contributed by atoms with Crippen LogP contribution in [-0.2, 0) is 0 Å². The fourth-order valence-electron chi connectivity index (χ4n) is 2.39. The van der Waals surface area contributed by atoms with Crippen molar-refractivity contribution >= 4 is 0 Å². The molecule has 0 saturated heterocycles. The van der Waals surface area contributed by atoms with E-state index >= 15 is 0 Å². The van der Waals surface area contributed by atoms with E-state index in [9.17, 15) is 0 Å². The van der Waals surface area contributed by atoms with Gasteiger partial charge in [-0.3, -0.25) is 0 Å². The maximum absolute atomic E-state index is 5.91. The van der Waals surface area contributed by atoms with Crippen molar-refractivity contribution in [2.75, 3.05) is 13.1 Å². The quantitative estimate of drug-likeness (QED) is 0.543. The molecule has 0 heterocycles. The Morgan fingerprint density at radius 2 is 1.94 bits per heavy atom. The van der Waals surface area contributed by atoms with Crippen molar-refractivity contribution in [1.29, 1.82) is 0 Å². The Kier molecular flexibility index (Phi) is 7.14. The summed E-state index contributed by atoms with van der Waals surface area (Å²) in [6.45, 7) is 6.47. The molecule has 2 nitrogen and oxygen atoms in total. The fourth-order valence-corrected chi connectivity index (χ4v) is 2.39. The van der Waals surface area contributed by atoms with Gasteiger partial charge in [-0.1, -0.05) is 45.4 Å². The molecule has 1 unspecified atom stereocenters. The van der Waals surface area contributed by atoms with Crippen molar-refractivity contribution in [3.63, 3.8) is 0 Å². The van der Waals surface area contributed by atoms with Crippen LogP contribution < -0.4 is 11.1 Å². The third kappa shape index (κ3) is 7.05. The molecule has 1 aliphatic carbocycles. The molecule has 17 heavy (non-hydrogen) atoms. The summed E-state index contributed by atoms with van der Waals surface area (Å²) in [6.07, 6.45) is 12.3. The molecule has 0 aliphatic heterocycles. The van der Waals surface area contributed by atoms with E-state index in [0.717, 1.165) is 19.0 Å². The highest BCUT2D eigenvalue weighted by molar-refractivity contribution is 4.84. The lowest BCUT2D eigenvalue weighted by atomic mass is 9.94. The molecule has 1 fully saturated rings. The van der Waals surface area contributed by atoms with Crippen LogP contribution in [0.1, 0.15) is 71.6 Å². The second-order valence-electron chi connectivity index (χ2n) is 6.09. The zero-order valence-corrected chi connectivity index (χ0v) is 11.9. The number of hydrogen-bond acceptors (Lipinski definition) is 2. The van der Waals surface area contributed by atoms with Crippen LogP contribution in [0.5, 0.6) is 0 Å². The molecular weight excluding hydrogens is 208 g/mol. The lowest BCUT2D eigenvalue weighted by molar-refractivity contribution is 0.323. The minimum Gasteiger partial charge on any atom is -0.329 e. The first-order valence-electron chi connectivity index (χ1n) is 7.65. The van der Waals surface area contributed by atoms with Crippen LogP contribution in [-0.4, -0.2) is 18.6 Å². The summed E-state index contributed by atoms with van der Waals surface area (Å²) in [5, 5.41) is 3.68. The third-order valence-electron chi connectivity index (χ3n) is 4.07.